The molecule has 0 bridgehead atoms. The minimum absolute atomic E-state index is 0.463. The Balaban J connectivity index is 1.91. The van der Waals surface area contributed by atoms with Crippen molar-refractivity contribution in [1.82, 2.24) is 15.1 Å². The minimum atomic E-state index is 0.463. The Morgan fingerprint density at radius 2 is 1.83 bits per heavy atom. The lowest BCUT2D eigenvalue weighted by molar-refractivity contribution is 0.0655. The fourth-order valence-electron chi connectivity index (χ4n) is 3.97. The lowest BCUT2D eigenvalue weighted by Gasteiger charge is -2.46. The molecule has 1 N–H and O–H groups in total. The summed E-state index contributed by atoms with van der Waals surface area (Å²) >= 11 is 0. The number of hydrogen-bond acceptors (Lipinski definition) is 3. The van der Waals surface area contributed by atoms with E-state index in [2.05, 4.69) is 43.1 Å². The molecule has 2 fully saturated rings. The molecule has 0 aromatic heterocycles. The second kappa shape index (κ2) is 5.89. The van der Waals surface area contributed by atoms with E-state index < -0.39 is 0 Å². The molecule has 1 saturated heterocycles. The molecule has 1 heterocycles. The normalized spacial score (nSPS) is 34.7. The van der Waals surface area contributed by atoms with Gasteiger partial charge in [0.25, 0.3) is 0 Å². The van der Waals surface area contributed by atoms with Crippen LogP contribution in [0.1, 0.15) is 33.1 Å². The van der Waals surface area contributed by atoms with E-state index in [4.69, 9.17) is 0 Å². The molecule has 0 radical (unpaired) electrons. The molecule has 0 aromatic carbocycles. The van der Waals surface area contributed by atoms with Crippen molar-refractivity contribution in [2.75, 3.05) is 46.8 Å². The van der Waals surface area contributed by atoms with Crippen molar-refractivity contribution in [3.05, 3.63) is 0 Å². The van der Waals surface area contributed by atoms with Gasteiger partial charge in [0.1, 0.15) is 0 Å². The molecule has 106 valence electrons. The summed E-state index contributed by atoms with van der Waals surface area (Å²) in [6.45, 7) is 11.1. The zero-order chi connectivity index (χ0) is 13.2. The second-order valence-electron chi connectivity index (χ2n) is 7.01. The molecule has 0 spiro atoms. The van der Waals surface area contributed by atoms with E-state index in [0.717, 1.165) is 5.92 Å². The Hall–Kier alpha value is -0.120. The summed E-state index contributed by atoms with van der Waals surface area (Å²) in [5, 5.41) is 3.61. The molecule has 3 heteroatoms. The van der Waals surface area contributed by atoms with Crippen molar-refractivity contribution in [1.29, 1.82) is 0 Å². The highest BCUT2D eigenvalue weighted by molar-refractivity contribution is 4.94. The monoisotopic (exact) mass is 253 g/mol. The van der Waals surface area contributed by atoms with Crippen molar-refractivity contribution in [3.8, 4) is 0 Å². The first-order chi connectivity index (χ1) is 8.53. The maximum atomic E-state index is 3.61. The fourth-order valence-corrected chi connectivity index (χ4v) is 3.97. The summed E-state index contributed by atoms with van der Waals surface area (Å²) in [6.07, 6.45) is 4.18. The van der Waals surface area contributed by atoms with Gasteiger partial charge in [0.05, 0.1) is 0 Å². The first kappa shape index (κ1) is 14.3. The molecule has 0 amide bonds. The molecular formula is C15H31N3. The lowest BCUT2D eigenvalue weighted by Crippen LogP contribution is -2.54. The third kappa shape index (κ3) is 3.25. The maximum absolute atomic E-state index is 3.61. The molecule has 2 aliphatic rings. The summed E-state index contributed by atoms with van der Waals surface area (Å²) < 4.78 is 0. The van der Waals surface area contributed by atoms with Crippen molar-refractivity contribution in [2.24, 2.45) is 11.3 Å². The molecule has 2 unspecified atom stereocenters. The Bertz CT molecular complexity index is 256. The molecule has 1 aliphatic carbocycles. The van der Waals surface area contributed by atoms with E-state index in [1.54, 1.807) is 0 Å². The lowest BCUT2D eigenvalue weighted by atomic mass is 9.68. The molecule has 1 aliphatic heterocycles. The van der Waals surface area contributed by atoms with Crippen LogP contribution in [0.15, 0.2) is 0 Å². The van der Waals surface area contributed by atoms with Crippen LogP contribution < -0.4 is 5.32 Å². The van der Waals surface area contributed by atoms with Crippen LogP contribution in [-0.2, 0) is 0 Å². The molecule has 3 nitrogen and oxygen atoms in total. The van der Waals surface area contributed by atoms with Crippen molar-refractivity contribution in [3.63, 3.8) is 0 Å². The predicted molar refractivity (Wildman–Crippen MR) is 77.9 cm³/mol. The third-order valence-electron chi connectivity index (χ3n) is 5.11. The van der Waals surface area contributed by atoms with Gasteiger partial charge < -0.3 is 15.1 Å². The van der Waals surface area contributed by atoms with Crippen molar-refractivity contribution in [2.45, 2.75) is 39.2 Å². The zero-order valence-corrected chi connectivity index (χ0v) is 12.7. The number of likely N-dealkylation sites (N-methyl/N-ethyl adjacent to an activating group) is 1. The fraction of sp³-hybridized carbons (Fsp3) is 1.00. The van der Waals surface area contributed by atoms with Gasteiger partial charge in [-0.3, -0.25) is 0 Å². The predicted octanol–water partition coefficient (Wildman–Crippen LogP) is 1.65. The Labute approximate surface area is 113 Å². The maximum Gasteiger partial charge on any atom is 0.0156 e. The van der Waals surface area contributed by atoms with Crippen LogP contribution in [0.25, 0.3) is 0 Å². The van der Waals surface area contributed by atoms with Crippen molar-refractivity contribution < 1.29 is 0 Å². The van der Waals surface area contributed by atoms with E-state index in [1.165, 1.54) is 52.0 Å². The number of hydrogen-bond donors (Lipinski definition) is 1. The van der Waals surface area contributed by atoms with Gasteiger partial charge in [-0.05, 0) is 38.3 Å². The number of nitrogens with zero attached hydrogens (tertiary/aromatic N) is 2. The minimum Gasteiger partial charge on any atom is -0.316 e. The third-order valence-corrected chi connectivity index (χ3v) is 5.11. The van der Waals surface area contributed by atoms with Crippen LogP contribution in [0.3, 0.4) is 0 Å². The Morgan fingerprint density at radius 3 is 2.44 bits per heavy atom. The van der Waals surface area contributed by atoms with Gasteiger partial charge in [-0.1, -0.05) is 20.3 Å². The van der Waals surface area contributed by atoms with Crippen LogP contribution in [-0.4, -0.2) is 62.7 Å². The van der Waals surface area contributed by atoms with Crippen LogP contribution in [0.4, 0.5) is 0 Å². The average Bonchev–Trinajstić information content (AvgIpc) is 2.31. The van der Waals surface area contributed by atoms with Crippen LogP contribution in [0.5, 0.6) is 0 Å². The zero-order valence-electron chi connectivity index (χ0n) is 12.7. The summed E-state index contributed by atoms with van der Waals surface area (Å²) in [7, 11) is 4.38. The largest absolute Gasteiger partial charge is 0.316 e. The van der Waals surface area contributed by atoms with Gasteiger partial charge in [-0.15, -0.1) is 0 Å². The first-order valence-corrected chi connectivity index (χ1v) is 7.61. The van der Waals surface area contributed by atoms with Crippen molar-refractivity contribution >= 4 is 0 Å². The smallest absolute Gasteiger partial charge is 0.0156 e. The van der Waals surface area contributed by atoms with Crippen LogP contribution in [0, 0.1) is 11.3 Å². The van der Waals surface area contributed by atoms with Gasteiger partial charge in [0.15, 0.2) is 0 Å². The summed E-state index contributed by atoms with van der Waals surface area (Å²) in [4.78, 5) is 5.12. The molecule has 1 saturated carbocycles. The quantitative estimate of drug-likeness (QED) is 0.825. The highest BCUT2D eigenvalue weighted by Gasteiger charge is 2.38. The van der Waals surface area contributed by atoms with Crippen LogP contribution >= 0.6 is 0 Å². The first-order valence-electron chi connectivity index (χ1n) is 7.61. The van der Waals surface area contributed by atoms with Gasteiger partial charge in [0, 0.05) is 38.8 Å². The highest BCUT2D eigenvalue weighted by atomic mass is 15.2. The summed E-state index contributed by atoms with van der Waals surface area (Å²) in [5.41, 5.74) is 0.463. The SMILES string of the molecule is CNC1C(CN2CCN(C)CC2)CCCC1(C)C. The molecular weight excluding hydrogens is 222 g/mol. The topological polar surface area (TPSA) is 18.5 Å². The Kier molecular flexibility index (Phi) is 4.68. The van der Waals surface area contributed by atoms with Gasteiger partial charge in [0.2, 0.25) is 0 Å². The molecule has 2 rings (SSSR count). The average molecular weight is 253 g/mol. The summed E-state index contributed by atoms with van der Waals surface area (Å²) in [5.74, 6) is 0.835. The molecule has 18 heavy (non-hydrogen) atoms. The van der Waals surface area contributed by atoms with Gasteiger partial charge in [-0.25, -0.2) is 0 Å². The van der Waals surface area contributed by atoms with E-state index in [-0.39, 0.29) is 0 Å². The highest BCUT2D eigenvalue weighted by Crippen LogP contribution is 2.39. The number of rotatable bonds is 3. The summed E-state index contributed by atoms with van der Waals surface area (Å²) in [6, 6.07) is 0.686. The second-order valence-corrected chi connectivity index (χ2v) is 7.01. The van der Waals surface area contributed by atoms with E-state index in [0.29, 0.717) is 11.5 Å². The molecule has 2 atom stereocenters. The number of nitrogens with one attached hydrogen (secondary N) is 1. The van der Waals surface area contributed by atoms with Gasteiger partial charge in [-0.2, -0.15) is 0 Å². The molecule has 0 aromatic rings. The standard InChI is InChI=1S/C15H31N3/c1-15(2)7-5-6-13(14(15)16-3)12-18-10-8-17(4)9-11-18/h13-14,16H,5-12H2,1-4H3. The van der Waals surface area contributed by atoms with Crippen LogP contribution in [0.2, 0.25) is 0 Å². The van der Waals surface area contributed by atoms with E-state index >= 15 is 0 Å². The van der Waals surface area contributed by atoms with E-state index in [9.17, 15) is 0 Å². The Morgan fingerprint density at radius 1 is 1.17 bits per heavy atom. The van der Waals surface area contributed by atoms with Gasteiger partial charge >= 0.3 is 0 Å². The van der Waals surface area contributed by atoms with E-state index in [1.807, 2.05) is 0 Å². The number of piperazine rings is 1.